The predicted octanol–water partition coefficient (Wildman–Crippen LogP) is 3.73. The summed E-state index contributed by atoms with van der Waals surface area (Å²) in [5.74, 6) is 0.0273. The lowest BCUT2D eigenvalue weighted by atomic mass is 9.82. The number of sulfone groups is 1. The van der Waals surface area contributed by atoms with E-state index in [9.17, 15) is 13.2 Å². The van der Waals surface area contributed by atoms with Gasteiger partial charge in [-0.2, -0.15) is 0 Å². The summed E-state index contributed by atoms with van der Waals surface area (Å²) in [5, 5.41) is 0. The van der Waals surface area contributed by atoms with Crippen molar-refractivity contribution in [3.63, 3.8) is 0 Å². The van der Waals surface area contributed by atoms with E-state index in [1.807, 2.05) is 26.1 Å². The lowest BCUT2D eigenvalue weighted by Crippen LogP contribution is -2.35. The van der Waals surface area contributed by atoms with E-state index in [0.29, 0.717) is 4.90 Å². The minimum absolute atomic E-state index is 0.0947. The van der Waals surface area contributed by atoms with Gasteiger partial charge in [0.05, 0.1) is 16.9 Å². The van der Waals surface area contributed by atoms with E-state index in [0.717, 1.165) is 30.4 Å². The highest BCUT2D eigenvalue weighted by atomic mass is 32.2. The zero-order valence-electron chi connectivity index (χ0n) is 15.5. The highest BCUT2D eigenvalue weighted by Gasteiger charge is 2.30. The lowest BCUT2D eigenvalue weighted by Gasteiger charge is -2.32. The van der Waals surface area contributed by atoms with Crippen LogP contribution in [0.1, 0.15) is 48.4 Å². The normalized spacial score (nSPS) is 18.0. The molecule has 1 aliphatic rings. The van der Waals surface area contributed by atoms with Gasteiger partial charge in [-0.15, -0.1) is 0 Å². The third kappa shape index (κ3) is 3.68. The number of nitrogens with zero attached hydrogens (tertiary/aromatic N) is 1. The van der Waals surface area contributed by atoms with Gasteiger partial charge in [-0.1, -0.05) is 36.4 Å². The molecule has 0 saturated heterocycles. The summed E-state index contributed by atoms with van der Waals surface area (Å²) in [6.45, 7) is 1.97. The second kappa shape index (κ2) is 7.23. The van der Waals surface area contributed by atoms with Crippen molar-refractivity contribution in [1.29, 1.82) is 0 Å². The molecule has 0 aliphatic heterocycles. The smallest absolute Gasteiger partial charge is 0.230 e. The van der Waals surface area contributed by atoms with Crippen molar-refractivity contribution in [1.82, 2.24) is 4.90 Å². The third-order valence-electron chi connectivity index (χ3n) is 5.39. The first-order valence-electron chi connectivity index (χ1n) is 8.93. The molecule has 3 rings (SSSR count). The first-order valence-corrected chi connectivity index (χ1v) is 10.8. The summed E-state index contributed by atoms with van der Waals surface area (Å²) >= 11 is 0. The molecule has 2 atom stereocenters. The quantitative estimate of drug-likeness (QED) is 0.823. The molecule has 5 heteroatoms. The van der Waals surface area contributed by atoms with Gasteiger partial charge in [0, 0.05) is 13.3 Å². The molecule has 0 heterocycles. The third-order valence-corrected chi connectivity index (χ3v) is 6.52. The Balaban J connectivity index is 1.81. The fourth-order valence-electron chi connectivity index (χ4n) is 3.66. The fourth-order valence-corrected chi connectivity index (χ4v) is 4.29. The first kappa shape index (κ1) is 18.6. The van der Waals surface area contributed by atoms with Crippen LogP contribution in [-0.2, 0) is 21.1 Å². The number of benzene rings is 2. The lowest BCUT2D eigenvalue weighted by molar-refractivity contribution is -0.133. The Kier molecular flexibility index (Phi) is 5.19. The molecule has 0 saturated carbocycles. The Morgan fingerprint density at radius 3 is 2.42 bits per heavy atom. The summed E-state index contributed by atoms with van der Waals surface area (Å²) in [4.78, 5) is 15.2. The van der Waals surface area contributed by atoms with Crippen molar-refractivity contribution in [2.75, 3.05) is 13.3 Å². The van der Waals surface area contributed by atoms with Gasteiger partial charge in [0.15, 0.2) is 9.84 Å². The van der Waals surface area contributed by atoms with E-state index >= 15 is 0 Å². The zero-order chi connectivity index (χ0) is 18.9. The second-order valence-electron chi connectivity index (χ2n) is 7.11. The van der Waals surface area contributed by atoms with Crippen LogP contribution in [-0.4, -0.2) is 32.5 Å². The van der Waals surface area contributed by atoms with Crippen LogP contribution in [0.15, 0.2) is 53.4 Å². The van der Waals surface area contributed by atoms with Gasteiger partial charge in [-0.05, 0) is 55.0 Å². The Morgan fingerprint density at radius 1 is 1.12 bits per heavy atom. The number of carbonyl (C=O) groups is 1. The molecule has 2 aromatic carbocycles. The molecule has 0 spiro atoms. The van der Waals surface area contributed by atoms with Crippen LogP contribution in [0.2, 0.25) is 0 Å². The molecule has 0 radical (unpaired) electrons. The van der Waals surface area contributed by atoms with Crippen LogP contribution in [0.4, 0.5) is 0 Å². The van der Waals surface area contributed by atoms with Gasteiger partial charge in [-0.25, -0.2) is 8.42 Å². The molecule has 0 aromatic heterocycles. The Morgan fingerprint density at radius 2 is 1.77 bits per heavy atom. The van der Waals surface area contributed by atoms with Gasteiger partial charge in [0.1, 0.15) is 0 Å². The molecule has 1 amide bonds. The van der Waals surface area contributed by atoms with E-state index in [-0.39, 0.29) is 17.9 Å². The number of aryl methyl sites for hydroxylation is 1. The summed E-state index contributed by atoms with van der Waals surface area (Å²) in [5.41, 5.74) is 3.35. The van der Waals surface area contributed by atoms with Gasteiger partial charge < -0.3 is 4.90 Å². The molecule has 138 valence electrons. The molecule has 0 fully saturated rings. The highest BCUT2D eigenvalue weighted by molar-refractivity contribution is 7.90. The van der Waals surface area contributed by atoms with Crippen molar-refractivity contribution in [2.45, 2.75) is 43.0 Å². The van der Waals surface area contributed by atoms with Crippen LogP contribution in [0, 0.1) is 0 Å². The van der Waals surface area contributed by atoms with E-state index in [1.165, 1.54) is 11.8 Å². The molecule has 26 heavy (non-hydrogen) atoms. The Bertz CT molecular complexity index is 903. The fraction of sp³-hybridized carbons (Fsp3) is 0.381. The minimum atomic E-state index is -3.21. The van der Waals surface area contributed by atoms with Gasteiger partial charge in [0.25, 0.3) is 0 Å². The van der Waals surface area contributed by atoms with Crippen molar-refractivity contribution < 1.29 is 13.2 Å². The van der Waals surface area contributed by atoms with Crippen LogP contribution in [0.3, 0.4) is 0 Å². The number of fused-ring (bicyclic) bond motifs is 1. The molecular weight excluding hydrogens is 346 g/mol. The summed E-state index contributed by atoms with van der Waals surface area (Å²) in [6.07, 6.45) is 4.13. The molecule has 1 aliphatic carbocycles. The van der Waals surface area contributed by atoms with Crippen molar-refractivity contribution in [3.05, 3.63) is 65.2 Å². The number of rotatable bonds is 4. The number of carbonyl (C=O) groups excluding carboxylic acids is 1. The van der Waals surface area contributed by atoms with Crippen LogP contribution < -0.4 is 0 Å². The van der Waals surface area contributed by atoms with E-state index in [2.05, 4.69) is 12.1 Å². The molecule has 0 N–H and O–H groups in total. The maximum Gasteiger partial charge on any atom is 0.230 e. The summed E-state index contributed by atoms with van der Waals surface area (Å²) in [6, 6.07) is 14.9. The van der Waals surface area contributed by atoms with Crippen molar-refractivity contribution in [3.8, 4) is 0 Å². The van der Waals surface area contributed by atoms with Crippen molar-refractivity contribution >= 4 is 15.7 Å². The molecule has 0 bridgehead atoms. The van der Waals surface area contributed by atoms with Gasteiger partial charge in [0.2, 0.25) is 5.91 Å². The maximum absolute atomic E-state index is 13.1. The van der Waals surface area contributed by atoms with Crippen molar-refractivity contribution in [2.24, 2.45) is 0 Å². The summed E-state index contributed by atoms with van der Waals surface area (Å²) in [7, 11) is -1.38. The van der Waals surface area contributed by atoms with E-state index < -0.39 is 9.84 Å². The van der Waals surface area contributed by atoms with E-state index in [4.69, 9.17) is 0 Å². The molecule has 2 unspecified atom stereocenters. The highest BCUT2D eigenvalue weighted by Crippen LogP contribution is 2.34. The van der Waals surface area contributed by atoms with Crippen LogP contribution in [0.25, 0.3) is 0 Å². The first-order chi connectivity index (χ1) is 12.3. The summed E-state index contributed by atoms with van der Waals surface area (Å²) < 4.78 is 23.2. The Hall–Kier alpha value is -2.14. The van der Waals surface area contributed by atoms with E-state index in [1.54, 1.807) is 29.2 Å². The predicted molar refractivity (Wildman–Crippen MR) is 103 cm³/mol. The Labute approximate surface area is 155 Å². The van der Waals surface area contributed by atoms with Gasteiger partial charge >= 0.3 is 0 Å². The molecule has 4 nitrogen and oxygen atoms in total. The van der Waals surface area contributed by atoms with Crippen LogP contribution >= 0.6 is 0 Å². The second-order valence-corrected chi connectivity index (χ2v) is 9.13. The maximum atomic E-state index is 13.1. The molecule has 2 aromatic rings. The number of amides is 1. The number of hydrogen-bond donors (Lipinski definition) is 0. The topological polar surface area (TPSA) is 54.5 Å². The van der Waals surface area contributed by atoms with Gasteiger partial charge in [-0.3, -0.25) is 4.79 Å². The average molecular weight is 372 g/mol. The molecular formula is C21H25NO3S. The zero-order valence-corrected chi connectivity index (χ0v) is 16.3. The monoisotopic (exact) mass is 371 g/mol. The standard InChI is InChI=1S/C21H25NO3S/c1-15(16-11-13-18(14-12-16)26(3,24)25)22(2)21(23)20-10-6-8-17-7-4-5-9-19(17)20/h4-5,7,9,11-15,20H,6,8,10H2,1-3H3. The SMILES string of the molecule is CC(c1ccc(S(C)(=O)=O)cc1)N(C)C(=O)C1CCCc2ccccc21. The number of hydrogen-bond acceptors (Lipinski definition) is 3. The van der Waals surface area contributed by atoms with Crippen LogP contribution in [0.5, 0.6) is 0 Å². The number of likely N-dealkylation sites (N-methyl/N-ethyl adjacent to an activating group) is 1. The largest absolute Gasteiger partial charge is 0.338 e. The minimum Gasteiger partial charge on any atom is -0.338 e. The average Bonchev–Trinajstić information content (AvgIpc) is 2.65.